The predicted octanol–water partition coefficient (Wildman–Crippen LogP) is 4.11. The van der Waals surface area contributed by atoms with Gasteiger partial charge < -0.3 is 9.47 Å². The van der Waals surface area contributed by atoms with E-state index in [1.165, 1.54) is 41.6 Å². The number of benzene rings is 1. The topological polar surface area (TPSA) is 107 Å². The Morgan fingerprint density at radius 3 is 2.56 bits per heavy atom. The molecule has 9 nitrogen and oxygen atoms in total. The Kier molecular flexibility index (Phi) is 6.47. The van der Waals surface area contributed by atoms with Crippen molar-refractivity contribution in [1.29, 1.82) is 0 Å². The zero-order chi connectivity index (χ0) is 22.5. The van der Waals surface area contributed by atoms with Crippen molar-refractivity contribution in [3.8, 4) is 16.6 Å². The van der Waals surface area contributed by atoms with Crippen LogP contribution in [0.25, 0.3) is 10.8 Å². The number of thiazole rings is 2. The standard InChI is InChI=1S/C21H17N5O4S2/c1-13(27)26(16-6-3-4-7-17(16)29-2)21-24-14(11-32-21)10-30-20(28)15-12-31-19(25-15)18-22-8-5-9-23-18/h3-9,11-12H,10H2,1-2H3. The Labute approximate surface area is 191 Å². The monoisotopic (exact) mass is 467 g/mol. The molecule has 1 aromatic carbocycles. The molecule has 3 aromatic heterocycles. The van der Waals surface area contributed by atoms with Crippen molar-refractivity contribution in [2.24, 2.45) is 0 Å². The minimum Gasteiger partial charge on any atom is -0.495 e. The number of amides is 1. The van der Waals surface area contributed by atoms with Gasteiger partial charge in [-0.05, 0) is 18.2 Å². The molecular formula is C21H17N5O4S2. The van der Waals surface area contributed by atoms with E-state index in [1.807, 2.05) is 12.1 Å². The molecule has 0 saturated carbocycles. The molecule has 0 fully saturated rings. The second kappa shape index (κ2) is 9.62. The number of rotatable bonds is 7. The van der Waals surface area contributed by atoms with Crippen LogP contribution in [0.5, 0.6) is 5.75 Å². The third-order valence-corrected chi connectivity index (χ3v) is 5.91. The third kappa shape index (κ3) is 4.63. The highest BCUT2D eigenvalue weighted by atomic mass is 32.1. The van der Waals surface area contributed by atoms with Crippen LogP contribution in [0.1, 0.15) is 23.1 Å². The molecule has 0 aliphatic heterocycles. The fourth-order valence-corrected chi connectivity index (χ4v) is 4.38. The van der Waals surface area contributed by atoms with E-state index in [-0.39, 0.29) is 18.2 Å². The summed E-state index contributed by atoms with van der Waals surface area (Å²) in [5.41, 5.74) is 1.27. The number of para-hydroxylation sites is 2. The van der Waals surface area contributed by atoms with Crippen molar-refractivity contribution in [3.63, 3.8) is 0 Å². The molecule has 4 aromatic rings. The number of nitrogens with zero attached hydrogens (tertiary/aromatic N) is 5. The smallest absolute Gasteiger partial charge is 0.358 e. The number of carbonyl (C=O) groups is 2. The molecule has 11 heteroatoms. The van der Waals surface area contributed by atoms with Gasteiger partial charge in [0, 0.05) is 30.1 Å². The van der Waals surface area contributed by atoms with Gasteiger partial charge in [0.2, 0.25) is 5.91 Å². The van der Waals surface area contributed by atoms with Gasteiger partial charge in [-0.25, -0.2) is 24.7 Å². The Hall–Kier alpha value is -3.70. The zero-order valence-electron chi connectivity index (χ0n) is 17.1. The maximum Gasteiger partial charge on any atom is 0.358 e. The lowest BCUT2D eigenvalue weighted by Crippen LogP contribution is -2.23. The van der Waals surface area contributed by atoms with Gasteiger partial charge in [0.25, 0.3) is 0 Å². The van der Waals surface area contributed by atoms with Crippen LogP contribution in [0.2, 0.25) is 0 Å². The molecule has 0 aliphatic carbocycles. The lowest BCUT2D eigenvalue weighted by atomic mass is 10.2. The molecule has 0 aliphatic rings. The Bertz CT molecular complexity index is 1240. The average Bonchev–Trinajstić information content (AvgIpc) is 3.49. The first kappa shape index (κ1) is 21.5. The summed E-state index contributed by atoms with van der Waals surface area (Å²) in [5, 5.41) is 4.31. The van der Waals surface area contributed by atoms with Crippen LogP contribution in [-0.2, 0) is 16.1 Å². The number of anilines is 2. The van der Waals surface area contributed by atoms with E-state index < -0.39 is 5.97 Å². The van der Waals surface area contributed by atoms with Crippen LogP contribution in [0.3, 0.4) is 0 Å². The van der Waals surface area contributed by atoms with E-state index in [4.69, 9.17) is 9.47 Å². The average molecular weight is 468 g/mol. The van der Waals surface area contributed by atoms with Crippen LogP contribution >= 0.6 is 22.7 Å². The van der Waals surface area contributed by atoms with Crippen LogP contribution in [0, 0.1) is 0 Å². The minimum absolute atomic E-state index is 0.0539. The van der Waals surface area contributed by atoms with Crippen molar-refractivity contribution in [1.82, 2.24) is 19.9 Å². The first-order valence-electron chi connectivity index (χ1n) is 9.35. The summed E-state index contributed by atoms with van der Waals surface area (Å²) >= 11 is 2.52. The van der Waals surface area contributed by atoms with E-state index in [0.29, 0.717) is 33.1 Å². The Morgan fingerprint density at radius 1 is 1.03 bits per heavy atom. The number of esters is 1. The predicted molar refractivity (Wildman–Crippen MR) is 120 cm³/mol. The summed E-state index contributed by atoms with van der Waals surface area (Å²) in [6, 6.07) is 8.88. The zero-order valence-corrected chi connectivity index (χ0v) is 18.7. The fourth-order valence-electron chi connectivity index (χ4n) is 2.78. The van der Waals surface area contributed by atoms with E-state index in [0.717, 1.165) is 0 Å². The molecule has 0 radical (unpaired) electrons. The number of hydrogen-bond acceptors (Lipinski definition) is 10. The van der Waals surface area contributed by atoms with Gasteiger partial charge in [0.15, 0.2) is 21.7 Å². The third-order valence-electron chi connectivity index (χ3n) is 4.19. The number of ether oxygens (including phenoxy) is 2. The largest absolute Gasteiger partial charge is 0.495 e. The molecule has 0 spiro atoms. The summed E-state index contributed by atoms with van der Waals surface area (Å²) < 4.78 is 10.7. The molecule has 4 rings (SSSR count). The quantitative estimate of drug-likeness (QED) is 0.374. The van der Waals surface area contributed by atoms with E-state index >= 15 is 0 Å². The number of carbonyl (C=O) groups excluding carboxylic acids is 2. The minimum atomic E-state index is -0.578. The van der Waals surface area contributed by atoms with E-state index in [1.54, 1.807) is 41.4 Å². The van der Waals surface area contributed by atoms with Gasteiger partial charge in [-0.2, -0.15) is 0 Å². The lowest BCUT2D eigenvalue weighted by molar-refractivity contribution is -0.115. The van der Waals surface area contributed by atoms with Crippen molar-refractivity contribution < 1.29 is 19.1 Å². The van der Waals surface area contributed by atoms with Gasteiger partial charge in [0.1, 0.15) is 12.4 Å². The normalized spacial score (nSPS) is 10.6. The molecule has 0 unspecified atom stereocenters. The van der Waals surface area contributed by atoms with E-state index in [2.05, 4.69) is 19.9 Å². The van der Waals surface area contributed by atoms with Gasteiger partial charge >= 0.3 is 5.97 Å². The van der Waals surface area contributed by atoms with Gasteiger partial charge in [-0.3, -0.25) is 9.69 Å². The lowest BCUT2D eigenvalue weighted by Gasteiger charge is -2.20. The fraction of sp³-hybridized carbons (Fsp3) is 0.143. The second-order valence-corrected chi connectivity index (χ2v) is 8.03. The maximum atomic E-state index is 12.4. The SMILES string of the molecule is COc1ccccc1N(C(C)=O)c1nc(COC(=O)c2csc(-c3ncccn3)n2)cs1. The van der Waals surface area contributed by atoms with Gasteiger partial charge in [-0.15, -0.1) is 22.7 Å². The van der Waals surface area contributed by atoms with Crippen LogP contribution in [0.4, 0.5) is 10.8 Å². The molecule has 0 bridgehead atoms. The first-order valence-corrected chi connectivity index (χ1v) is 11.1. The summed E-state index contributed by atoms with van der Waals surface area (Å²) in [7, 11) is 1.54. The second-order valence-electron chi connectivity index (χ2n) is 6.33. The van der Waals surface area contributed by atoms with Crippen molar-refractivity contribution in [2.45, 2.75) is 13.5 Å². The summed E-state index contributed by atoms with van der Waals surface area (Å²) in [6.07, 6.45) is 3.22. The van der Waals surface area contributed by atoms with Crippen LogP contribution < -0.4 is 9.64 Å². The Balaban J connectivity index is 1.45. The van der Waals surface area contributed by atoms with Crippen molar-refractivity contribution in [2.75, 3.05) is 12.0 Å². The molecule has 0 saturated heterocycles. The number of hydrogen-bond donors (Lipinski definition) is 0. The van der Waals surface area contributed by atoms with Crippen molar-refractivity contribution >= 4 is 45.4 Å². The van der Waals surface area contributed by atoms with Crippen molar-refractivity contribution in [3.05, 3.63) is 64.9 Å². The number of aromatic nitrogens is 4. The molecule has 32 heavy (non-hydrogen) atoms. The van der Waals surface area contributed by atoms with Crippen LogP contribution in [-0.4, -0.2) is 38.9 Å². The first-order chi connectivity index (χ1) is 15.6. The molecule has 1 amide bonds. The number of methoxy groups -OCH3 is 1. The van der Waals surface area contributed by atoms with E-state index in [9.17, 15) is 9.59 Å². The highest BCUT2D eigenvalue weighted by molar-refractivity contribution is 7.14. The van der Waals surface area contributed by atoms with Gasteiger partial charge in [-0.1, -0.05) is 12.1 Å². The van der Waals surface area contributed by atoms with Crippen LogP contribution in [0.15, 0.2) is 53.5 Å². The Morgan fingerprint density at radius 2 is 1.81 bits per heavy atom. The summed E-state index contributed by atoms with van der Waals surface area (Å²) in [6.45, 7) is 1.39. The molecule has 3 heterocycles. The summed E-state index contributed by atoms with van der Waals surface area (Å²) in [5.74, 6) is 0.200. The maximum absolute atomic E-state index is 12.4. The molecule has 0 N–H and O–H groups in total. The molecule has 162 valence electrons. The highest BCUT2D eigenvalue weighted by Crippen LogP contribution is 2.35. The van der Waals surface area contributed by atoms with Gasteiger partial charge in [0.05, 0.1) is 18.5 Å². The molecule has 0 atom stereocenters. The molecular weight excluding hydrogens is 450 g/mol. The highest BCUT2D eigenvalue weighted by Gasteiger charge is 2.22. The summed E-state index contributed by atoms with van der Waals surface area (Å²) in [4.78, 5) is 43.1.